The zero-order valence-corrected chi connectivity index (χ0v) is 6.49. The molecule has 0 atom stereocenters. The minimum atomic E-state index is 0.890. The molecular formula is C7H12N4. The third-order valence-electron chi connectivity index (χ3n) is 2.02. The van der Waals surface area contributed by atoms with Crippen molar-refractivity contribution in [2.24, 2.45) is 0 Å². The van der Waals surface area contributed by atoms with Crippen LogP contribution in [0.1, 0.15) is 6.92 Å². The molecule has 2 aliphatic heterocycles. The van der Waals surface area contributed by atoms with Gasteiger partial charge in [0.2, 0.25) is 0 Å². The van der Waals surface area contributed by atoms with Gasteiger partial charge in [0.25, 0.3) is 0 Å². The Morgan fingerprint density at radius 3 is 2.91 bits per heavy atom. The molecule has 0 unspecified atom stereocenters. The summed E-state index contributed by atoms with van der Waals surface area (Å²) in [6.45, 7) is 3.86. The van der Waals surface area contributed by atoms with Crippen LogP contribution >= 0.6 is 0 Å². The van der Waals surface area contributed by atoms with Gasteiger partial charge in [0, 0.05) is 25.0 Å². The molecule has 0 aromatic heterocycles. The van der Waals surface area contributed by atoms with Crippen molar-refractivity contribution < 1.29 is 0 Å². The van der Waals surface area contributed by atoms with Gasteiger partial charge in [0.15, 0.2) is 0 Å². The van der Waals surface area contributed by atoms with E-state index in [-0.39, 0.29) is 0 Å². The first-order valence-electron chi connectivity index (χ1n) is 3.74. The minimum absolute atomic E-state index is 0.890. The molecular weight excluding hydrogens is 140 g/mol. The zero-order chi connectivity index (χ0) is 7.68. The average Bonchev–Trinajstić information content (AvgIpc) is 2.06. The SMILES string of the molecule is CC1=C2CNNCC2=CNN1. The second kappa shape index (κ2) is 2.56. The lowest BCUT2D eigenvalue weighted by Crippen LogP contribution is -2.45. The van der Waals surface area contributed by atoms with Crippen LogP contribution < -0.4 is 21.7 Å². The van der Waals surface area contributed by atoms with Gasteiger partial charge in [-0.05, 0) is 18.1 Å². The van der Waals surface area contributed by atoms with Crippen molar-refractivity contribution in [2.45, 2.75) is 6.92 Å². The highest BCUT2D eigenvalue weighted by atomic mass is 15.4. The van der Waals surface area contributed by atoms with E-state index >= 15 is 0 Å². The Hall–Kier alpha value is -1.00. The summed E-state index contributed by atoms with van der Waals surface area (Å²) in [5.41, 5.74) is 16.1. The molecule has 1 saturated heterocycles. The molecule has 0 bridgehead atoms. The van der Waals surface area contributed by atoms with Crippen molar-refractivity contribution in [1.82, 2.24) is 21.7 Å². The van der Waals surface area contributed by atoms with Gasteiger partial charge in [-0.3, -0.25) is 10.9 Å². The second-order valence-electron chi connectivity index (χ2n) is 2.75. The van der Waals surface area contributed by atoms with Crippen LogP contribution in [-0.2, 0) is 0 Å². The van der Waals surface area contributed by atoms with Crippen LogP contribution in [0.3, 0.4) is 0 Å². The maximum absolute atomic E-state index is 3.10. The summed E-state index contributed by atoms with van der Waals surface area (Å²) in [5, 5.41) is 0. The highest BCUT2D eigenvalue weighted by molar-refractivity contribution is 5.39. The summed E-state index contributed by atoms with van der Waals surface area (Å²) in [6, 6.07) is 0. The number of hydrazine groups is 2. The molecule has 2 heterocycles. The molecule has 1 fully saturated rings. The number of allylic oxidation sites excluding steroid dienone is 1. The molecule has 2 rings (SSSR count). The lowest BCUT2D eigenvalue weighted by molar-refractivity contribution is 0.536. The van der Waals surface area contributed by atoms with Crippen molar-refractivity contribution in [1.29, 1.82) is 0 Å². The van der Waals surface area contributed by atoms with Crippen molar-refractivity contribution in [3.8, 4) is 0 Å². The molecule has 4 N–H and O–H groups in total. The molecule has 4 nitrogen and oxygen atoms in total. The smallest absolute Gasteiger partial charge is 0.0372 e. The van der Waals surface area contributed by atoms with Gasteiger partial charge in [-0.25, -0.2) is 0 Å². The summed E-state index contributed by atoms with van der Waals surface area (Å²) in [5.74, 6) is 0. The van der Waals surface area contributed by atoms with Crippen LogP contribution in [0.2, 0.25) is 0 Å². The molecule has 0 spiro atoms. The van der Waals surface area contributed by atoms with Gasteiger partial charge in [-0.2, -0.15) is 0 Å². The van der Waals surface area contributed by atoms with E-state index < -0.39 is 0 Å². The van der Waals surface area contributed by atoms with E-state index in [4.69, 9.17) is 0 Å². The largest absolute Gasteiger partial charge is 0.308 e. The van der Waals surface area contributed by atoms with E-state index in [0.29, 0.717) is 0 Å². The third kappa shape index (κ3) is 1.10. The van der Waals surface area contributed by atoms with E-state index in [0.717, 1.165) is 13.1 Å². The number of hydrogen-bond acceptors (Lipinski definition) is 4. The van der Waals surface area contributed by atoms with Crippen LogP contribution in [-0.4, -0.2) is 13.1 Å². The van der Waals surface area contributed by atoms with Crippen LogP contribution in [0.15, 0.2) is 23.0 Å². The Morgan fingerprint density at radius 1 is 1.27 bits per heavy atom. The lowest BCUT2D eigenvalue weighted by atomic mass is 10.0. The number of fused-ring (bicyclic) bond motifs is 1. The maximum Gasteiger partial charge on any atom is 0.0372 e. The van der Waals surface area contributed by atoms with E-state index in [9.17, 15) is 0 Å². The van der Waals surface area contributed by atoms with Crippen LogP contribution in [0.4, 0.5) is 0 Å². The zero-order valence-electron chi connectivity index (χ0n) is 6.49. The van der Waals surface area contributed by atoms with E-state index in [1.54, 1.807) is 0 Å². The molecule has 0 radical (unpaired) electrons. The van der Waals surface area contributed by atoms with Gasteiger partial charge < -0.3 is 10.9 Å². The third-order valence-corrected chi connectivity index (χ3v) is 2.02. The average molecular weight is 152 g/mol. The molecule has 0 saturated carbocycles. The van der Waals surface area contributed by atoms with Gasteiger partial charge in [-0.15, -0.1) is 0 Å². The number of nitrogens with one attached hydrogen (secondary N) is 4. The normalized spacial score (nSPS) is 23.2. The predicted octanol–water partition coefficient (Wildman–Crippen LogP) is -0.640. The van der Waals surface area contributed by atoms with Crippen molar-refractivity contribution in [3.05, 3.63) is 23.0 Å². The van der Waals surface area contributed by atoms with Gasteiger partial charge in [0.05, 0.1) is 0 Å². The maximum atomic E-state index is 3.10. The van der Waals surface area contributed by atoms with E-state index in [2.05, 4.69) is 28.6 Å². The monoisotopic (exact) mass is 152 g/mol. The second-order valence-corrected chi connectivity index (χ2v) is 2.75. The Morgan fingerprint density at radius 2 is 2.09 bits per heavy atom. The van der Waals surface area contributed by atoms with E-state index in [1.165, 1.54) is 16.8 Å². The van der Waals surface area contributed by atoms with Crippen molar-refractivity contribution in [2.75, 3.05) is 13.1 Å². The molecule has 0 aromatic carbocycles. The summed E-state index contributed by atoms with van der Waals surface area (Å²) < 4.78 is 0. The fourth-order valence-electron chi connectivity index (χ4n) is 1.35. The van der Waals surface area contributed by atoms with Crippen molar-refractivity contribution >= 4 is 0 Å². The first-order valence-corrected chi connectivity index (χ1v) is 3.74. The van der Waals surface area contributed by atoms with Gasteiger partial charge >= 0.3 is 0 Å². The molecule has 4 heteroatoms. The van der Waals surface area contributed by atoms with Gasteiger partial charge in [0.1, 0.15) is 0 Å². The fourth-order valence-corrected chi connectivity index (χ4v) is 1.35. The lowest BCUT2D eigenvalue weighted by Gasteiger charge is -2.27. The molecule has 0 aromatic rings. The fraction of sp³-hybridized carbons (Fsp3) is 0.429. The topological polar surface area (TPSA) is 48.1 Å². The summed E-state index contributed by atoms with van der Waals surface area (Å²) >= 11 is 0. The predicted molar refractivity (Wildman–Crippen MR) is 43.1 cm³/mol. The minimum Gasteiger partial charge on any atom is -0.308 e. The highest BCUT2D eigenvalue weighted by Crippen LogP contribution is 2.15. The summed E-state index contributed by atoms with van der Waals surface area (Å²) in [7, 11) is 0. The quantitative estimate of drug-likeness (QED) is 0.373. The molecule has 0 amide bonds. The molecule has 2 aliphatic rings. The number of hydrogen-bond donors (Lipinski definition) is 4. The summed E-state index contributed by atoms with van der Waals surface area (Å²) in [6.07, 6.45) is 2.00. The molecule has 11 heavy (non-hydrogen) atoms. The Labute approximate surface area is 65.7 Å². The van der Waals surface area contributed by atoms with E-state index in [1.807, 2.05) is 6.20 Å². The number of rotatable bonds is 0. The highest BCUT2D eigenvalue weighted by Gasteiger charge is 2.15. The molecule has 60 valence electrons. The van der Waals surface area contributed by atoms with Crippen molar-refractivity contribution in [3.63, 3.8) is 0 Å². The van der Waals surface area contributed by atoms with Crippen LogP contribution in [0.5, 0.6) is 0 Å². The molecule has 0 aliphatic carbocycles. The summed E-state index contributed by atoms with van der Waals surface area (Å²) in [4.78, 5) is 0. The Kier molecular flexibility index (Phi) is 1.56. The van der Waals surface area contributed by atoms with Crippen LogP contribution in [0, 0.1) is 0 Å². The standard InChI is InChI=1S/C7H12N4/c1-5-7-4-9-8-2-6(7)3-10-11-5/h3,8-11H,2,4H2,1H3. The van der Waals surface area contributed by atoms with Crippen LogP contribution in [0.25, 0.3) is 0 Å². The first-order chi connectivity index (χ1) is 5.38. The Bertz CT molecular complexity index is 229. The first kappa shape index (κ1) is 6.69. The van der Waals surface area contributed by atoms with Gasteiger partial charge in [-0.1, -0.05) is 0 Å². The Balaban J connectivity index is 2.29.